The maximum absolute atomic E-state index is 5.90. The lowest BCUT2D eigenvalue weighted by Gasteiger charge is -1.93. The van der Waals surface area contributed by atoms with E-state index in [9.17, 15) is 0 Å². The van der Waals surface area contributed by atoms with Gasteiger partial charge in [0.2, 0.25) is 5.89 Å². The molecule has 3 aromatic rings. The smallest absolute Gasteiger partial charge is 0.227 e. The fraction of sp³-hybridized carbons (Fsp3) is 0. The number of oxazole rings is 1. The highest BCUT2D eigenvalue weighted by Crippen LogP contribution is 2.25. The quantitative estimate of drug-likeness (QED) is 0.630. The van der Waals surface area contributed by atoms with Crippen LogP contribution in [-0.2, 0) is 0 Å². The SMILES string of the molecule is Clc1cc[c]c(-c2nc3ccccc3o2)c1. The molecule has 3 heteroatoms. The van der Waals surface area contributed by atoms with Gasteiger partial charge in [0.1, 0.15) is 5.52 Å². The first-order chi connectivity index (χ1) is 7.83. The maximum atomic E-state index is 5.90. The maximum Gasteiger partial charge on any atom is 0.227 e. The van der Waals surface area contributed by atoms with E-state index in [1.165, 1.54) is 0 Å². The van der Waals surface area contributed by atoms with Gasteiger partial charge in [0.15, 0.2) is 5.58 Å². The Balaban J connectivity index is 2.19. The first-order valence-corrected chi connectivity index (χ1v) is 5.24. The van der Waals surface area contributed by atoms with Crippen molar-refractivity contribution in [2.24, 2.45) is 0 Å². The van der Waals surface area contributed by atoms with E-state index in [0.717, 1.165) is 16.7 Å². The predicted octanol–water partition coefficient (Wildman–Crippen LogP) is 3.95. The molecule has 0 bridgehead atoms. The second-order valence-electron chi connectivity index (χ2n) is 3.41. The van der Waals surface area contributed by atoms with Gasteiger partial charge in [-0.3, -0.25) is 0 Å². The Hall–Kier alpha value is -1.80. The molecule has 0 saturated carbocycles. The normalized spacial score (nSPS) is 10.8. The largest absolute Gasteiger partial charge is 0.436 e. The Morgan fingerprint density at radius 3 is 2.88 bits per heavy atom. The summed E-state index contributed by atoms with van der Waals surface area (Å²) in [5.74, 6) is 0.545. The summed E-state index contributed by atoms with van der Waals surface area (Å²) >= 11 is 5.90. The van der Waals surface area contributed by atoms with Gasteiger partial charge in [0.05, 0.1) is 0 Å². The summed E-state index contributed by atoms with van der Waals surface area (Å²) in [6.45, 7) is 0. The topological polar surface area (TPSA) is 26.0 Å². The van der Waals surface area contributed by atoms with Gasteiger partial charge in [-0.15, -0.1) is 0 Å². The van der Waals surface area contributed by atoms with Gasteiger partial charge in [-0.2, -0.15) is 0 Å². The van der Waals surface area contributed by atoms with E-state index in [0.29, 0.717) is 10.9 Å². The minimum Gasteiger partial charge on any atom is -0.436 e. The molecule has 0 unspecified atom stereocenters. The fourth-order valence-electron chi connectivity index (χ4n) is 1.55. The summed E-state index contributed by atoms with van der Waals surface area (Å²) in [6, 6.07) is 16.0. The molecule has 0 atom stereocenters. The van der Waals surface area contributed by atoms with Crippen LogP contribution in [0.5, 0.6) is 0 Å². The third-order valence-electron chi connectivity index (χ3n) is 2.29. The molecule has 0 N–H and O–H groups in total. The van der Waals surface area contributed by atoms with E-state index in [2.05, 4.69) is 11.1 Å². The molecule has 3 rings (SSSR count). The molecule has 0 fully saturated rings. The van der Waals surface area contributed by atoms with Crippen LogP contribution >= 0.6 is 11.6 Å². The minimum atomic E-state index is 0.545. The average molecular weight is 229 g/mol. The molecule has 2 nitrogen and oxygen atoms in total. The van der Waals surface area contributed by atoms with Crippen molar-refractivity contribution in [1.29, 1.82) is 0 Å². The van der Waals surface area contributed by atoms with Crippen molar-refractivity contribution in [2.45, 2.75) is 0 Å². The molecule has 0 aliphatic rings. The molecule has 0 aliphatic heterocycles. The van der Waals surface area contributed by atoms with Crippen LogP contribution < -0.4 is 0 Å². The summed E-state index contributed by atoms with van der Waals surface area (Å²) < 4.78 is 5.61. The number of fused-ring (bicyclic) bond motifs is 1. The molecule has 0 amide bonds. The molecular weight excluding hydrogens is 222 g/mol. The second-order valence-corrected chi connectivity index (χ2v) is 3.84. The molecular formula is C13H7ClNO. The second kappa shape index (κ2) is 3.65. The van der Waals surface area contributed by atoms with Crippen molar-refractivity contribution < 1.29 is 4.42 Å². The predicted molar refractivity (Wildman–Crippen MR) is 63.3 cm³/mol. The van der Waals surface area contributed by atoms with Crippen molar-refractivity contribution in [2.75, 3.05) is 0 Å². The number of halogens is 1. The lowest BCUT2D eigenvalue weighted by molar-refractivity contribution is 0.619. The third-order valence-corrected chi connectivity index (χ3v) is 2.52. The van der Waals surface area contributed by atoms with Gasteiger partial charge in [0.25, 0.3) is 0 Å². The Labute approximate surface area is 97.5 Å². The Bertz CT molecular complexity index is 612. The summed E-state index contributed by atoms with van der Waals surface area (Å²) in [5.41, 5.74) is 2.38. The van der Waals surface area contributed by atoms with Gasteiger partial charge in [-0.1, -0.05) is 29.8 Å². The van der Waals surface area contributed by atoms with Gasteiger partial charge in [-0.25, -0.2) is 4.98 Å². The lowest BCUT2D eigenvalue weighted by atomic mass is 10.2. The van der Waals surface area contributed by atoms with Crippen molar-refractivity contribution in [3.05, 3.63) is 53.6 Å². The summed E-state index contributed by atoms with van der Waals surface area (Å²) in [7, 11) is 0. The van der Waals surface area contributed by atoms with Crippen molar-refractivity contribution in [1.82, 2.24) is 4.98 Å². The van der Waals surface area contributed by atoms with Crippen LogP contribution in [0.2, 0.25) is 5.02 Å². The van der Waals surface area contributed by atoms with Crippen LogP contribution in [0.1, 0.15) is 0 Å². The monoisotopic (exact) mass is 228 g/mol. The Morgan fingerprint density at radius 1 is 1.19 bits per heavy atom. The Kier molecular flexibility index (Phi) is 2.15. The van der Waals surface area contributed by atoms with E-state index in [4.69, 9.17) is 16.0 Å². The van der Waals surface area contributed by atoms with Crippen molar-refractivity contribution in [3.8, 4) is 11.5 Å². The van der Waals surface area contributed by atoms with E-state index >= 15 is 0 Å². The number of rotatable bonds is 1. The van der Waals surface area contributed by atoms with E-state index in [-0.39, 0.29) is 0 Å². The zero-order valence-electron chi connectivity index (χ0n) is 8.27. The van der Waals surface area contributed by atoms with Gasteiger partial charge < -0.3 is 4.42 Å². The van der Waals surface area contributed by atoms with E-state index in [1.807, 2.05) is 24.3 Å². The highest BCUT2D eigenvalue weighted by Gasteiger charge is 2.07. The van der Waals surface area contributed by atoms with Gasteiger partial charge in [-0.05, 0) is 30.3 Å². The van der Waals surface area contributed by atoms with Crippen LogP contribution in [0.4, 0.5) is 0 Å². The molecule has 2 aromatic carbocycles. The molecule has 0 saturated heterocycles. The standard InChI is InChI=1S/C13H7ClNO/c14-10-5-3-4-9(8-10)13-15-11-6-1-2-7-12(11)16-13/h1-3,5-8H. The number of para-hydroxylation sites is 2. The zero-order chi connectivity index (χ0) is 11.0. The highest BCUT2D eigenvalue weighted by molar-refractivity contribution is 6.30. The van der Waals surface area contributed by atoms with Crippen molar-refractivity contribution >= 4 is 22.7 Å². The lowest BCUT2D eigenvalue weighted by Crippen LogP contribution is -1.76. The first kappa shape index (κ1) is 9.43. The zero-order valence-corrected chi connectivity index (χ0v) is 9.03. The van der Waals surface area contributed by atoms with Gasteiger partial charge >= 0.3 is 0 Å². The average Bonchev–Trinajstić information content (AvgIpc) is 2.72. The molecule has 16 heavy (non-hydrogen) atoms. The van der Waals surface area contributed by atoms with Crippen LogP contribution in [0, 0.1) is 6.07 Å². The summed E-state index contributed by atoms with van der Waals surface area (Å²) in [5, 5.41) is 0.649. The van der Waals surface area contributed by atoms with Crippen molar-refractivity contribution in [3.63, 3.8) is 0 Å². The molecule has 1 aromatic heterocycles. The number of hydrogen-bond donors (Lipinski definition) is 0. The molecule has 1 radical (unpaired) electrons. The highest BCUT2D eigenvalue weighted by atomic mass is 35.5. The summed E-state index contributed by atoms with van der Waals surface area (Å²) in [4.78, 5) is 4.37. The fourth-order valence-corrected chi connectivity index (χ4v) is 1.72. The van der Waals surface area contributed by atoms with Crippen LogP contribution in [-0.4, -0.2) is 4.98 Å². The number of hydrogen-bond acceptors (Lipinski definition) is 2. The number of nitrogens with zero attached hydrogens (tertiary/aromatic N) is 1. The van der Waals surface area contributed by atoms with E-state index < -0.39 is 0 Å². The minimum absolute atomic E-state index is 0.545. The first-order valence-electron chi connectivity index (χ1n) is 4.86. The van der Waals surface area contributed by atoms with Crippen LogP contribution in [0.15, 0.2) is 46.9 Å². The molecule has 0 spiro atoms. The Morgan fingerprint density at radius 2 is 2.06 bits per heavy atom. The molecule has 0 aliphatic carbocycles. The number of benzene rings is 2. The number of aromatic nitrogens is 1. The van der Waals surface area contributed by atoms with Crippen LogP contribution in [0.25, 0.3) is 22.6 Å². The summed E-state index contributed by atoms with van der Waals surface area (Å²) in [6.07, 6.45) is 0. The van der Waals surface area contributed by atoms with Crippen LogP contribution in [0.3, 0.4) is 0 Å². The molecule has 77 valence electrons. The third kappa shape index (κ3) is 1.57. The van der Waals surface area contributed by atoms with Gasteiger partial charge in [0, 0.05) is 10.6 Å². The van der Waals surface area contributed by atoms with E-state index in [1.54, 1.807) is 18.2 Å². The molecule has 1 heterocycles.